The quantitative estimate of drug-likeness (QED) is 0.927. The molecule has 0 radical (unpaired) electrons. The summed E-state index contributed by atoms with van der Waals surface area (Å²) in [5.74, 6) is 1.65. The average molecular weight is 296 g/mol. The van der Waals surface area contributed by atoms with E-state index in [2.05, 4.69) is 0 Å². The molecule has 0 unspecified atom stereocenters. The van der Waals surface area contributed by atoms with Gasteiger partial charge in [-0.05, 0) is 36.3 Å². The molecule has 0 aliphatic carbocycles. The van der Waals surface area contributed by atoms with Crippen molar-refractivity contribution in [2.45, 2.75) is 25.6 Å². The van der Waals surface area contributed by atoms with Crippen LogP contribution in [0.1, 0.15) is 30.6 Å². The Morgan fingerprint density at radius 3 is 2.55 bits per heavy atom. The molecule has 3 rings (SSSR count). The van der Waals surface area contributed by atoms with E-state index in [0.717, 1.165) is 28.2 Å². The summed E-state index contributed by atoms with van der Waals surface area (Å²) in [6, 6.07) is 15.7. The second kappa shape index (κ2) is 6.24. The minimum atomic E-state index is -0.513. The van der Waals surface area contributed by atoms with Gasteiger partial charge in [0, 0.05) is 11.1 Å². The van der Waals surface area contributed by atoms with Gasteiger partial charge in [-0.1, -0.05) is 37.3 Å². The van der Waals surface area contributed by atoms with Crippen LogP contribution in [0.5, 0.6) is 11.5 Å². The van der Waals surface area contributed by atoms with Crippen LogP contribution >= 0.6 is 0 Å². The fourth-order valence-corrected chi connectivity index (χ4v) is 2.70. The first-order valence-corrected chi connectivity index (χ1v) is 7.52. The van der Waals surface area contributed by atoms with Crippen LogP contribution in [-0.2, 0) is 0 Å². The number of hydrogen-bond donors (Lipinski definition) is 1. The maximum atomic E-state index is 10.4. The number of methoxy groups -OCH3 is 1. The highest BCUT2D eigenvalue weighted by Crippen LogP contribution is 2.39. The maximum absolute atomic E-state index is 10.4. The first-order valence-electron chi connectivity index (χ1n) is 7.52. The lowest BCUT2D eigenvalue weighted by atomic mass is 9.91. The monoisotopic (exact) mass is 296 g/mol. The van der Waals surface area contributed by atoms with Crippen LogP contribution in [-0.4, -0.2) is 18.3 Å². The summed E-state index contributed by atoms with van der Waals surface area (Å²) in [7, 11) is 1.65. The standard InChI is InChI=1S/C19H20O3/c1-3-17(20)16-12-14-6-4-5-7-18(14)22-19(16)13-8-10-15(21-2)11-9-13/h4-12,17,19-20H,3H2,1-2H3/t17-,19+/m1/s1. The van der Waals surface area contributed by atoms with Crippen molar-refractivity contribution in [3.05, 3.63) is 65.2 Å². The van der Waals surface area contributed by atoms with Gasteiger partial charge in [-0.2, -0.15) is 0 Å². The minimum absolute atomic E-state index is 0.268. The molecule has 0 bridgehead atoms. The van der Waals surface area contributed by atoms with Crippen molar-refractivity contribution >= 4 is 6.08 Å². The van der Waals surface area contributed by atoms with Crippen LogP contribution in [0, 0.1) is 0 Å². The van der Waals surface area contributed by atoms with E-state index in [1.807, 2.05) is 61.5 Å². The van der Waals surface area contributed by atoms with Gasteiger partial charge >= 0.3 is 0 Å². The van der Waals surface area contributed by atoms with Crippen molar-refractivity contribution in [3.8, 4) is 11.5 Å². The zero-order valence-corrected chi connectivity index (χ0v) is 12.8. The predicted molar refractivity (Wildman–Crippen MR) is 87.1 cm³/mol. The zero-order chi connectivity index (χ0) is 15.5. The molecule has 0 saturated carbocycles. The minimum Gasteiger partial charge on any atom is -0.497 e. The van der Waals surface area contributed by atoms with E-state index < -0.39 is 6.10 Å². The fraction of sp³-hybridized carbons (Fsp3) is 0.263. The van der Waals surface area contributed by atoms with Gasteiger partial charge in [0.15, 0.2) is 0 Å². The molecule has 22 heavy (non-hydrogen) atoms. The summed E-state index contributed by atoms with van der Waals surface area (Å²) in [5.41, 5.74) is 2.91. The number of aliphatic hydroxyl groups is 1. The third-order valence-electron chi connectivity index (χ3n) is 3.98. The first-order chi connectivity index (χ1) is 10.7. The molecule has 1 N–H and O–H groups in total. The third kappa shape index (κ3) is 2.72. The molecule has 0 spiro atoms. The summed E-state index contributed by atoms with van der Waals surface area (Å²) in [6.45, 7) is 1.97. The van der Waals surface area contributed by atoms with Gasteiger partial charge in [0.05, 0.1) is 13.2 Å². The van der Waals surface area contributed by atoms with Crippen molar-refractivity contribution in [2.75, 3.05) is 7.11 Å². The number of para-hydroxylation sites is 1. The topological polar surface area (TPSA) is 38.7 Å². The average Bonchev–Trinajstić information content (AvgIpc) is 2.60. The van der Waals surface area contributed by atoms with E-state index >= 15 is 0 Å². The van der Waals surface area contributed by atoms with Crippen molar-refractivity contribution in [2.24, 2.45) is 0 Å². The molecule has 0 amide bonds. The molecule has 1 aliphatic rings. The lowest BCUT2D eigenvalue weighted by Gasteiger charge is -2.30. The van der Waals surface area contributed by atoms with E-state index in [1.165, 1.54) is 0 Å². The molecule has 2 aromatic rings. The summed E-state index contributed by atoms with van der Waals surface area (Å²) in [6.07, 6.45) is 1.92. The number of hydrogen-bond acceptors (Lipinski definition) is 3. The number of ether oxygens (including phenoxy) is 2. The van der Waals surface area contributed by atoms with Gasteiger partial charge < -0.3 is 14.6 Å². The number of aliphatic hydroxyl groups excluding tert-OH is 1. The van der Waals surface area contributed by atoms with Gasteiger partial charge in [0.25, 0.3) is 0 Å². The molecular formula is C19H20O3. The highest BCUT2D eigenvalue weighted by Gasteiger charge is 2.28. The van der Waals surface area contributed by atoms with Crippen molar-refractivity contribution in [1.82, 2.24) is 0 Å². The lowest BCUT2D eigenvalue weighted by Crippen LogP contribution is -2.23. The van der Waals surface area contributed by atoms with Gasteiger partial charge in [-0.3, -0.25) is 0 Å². The molecule has 3 heteroatoms. The maximum Gasteiger partial charge on any atom is 0.148 e. The Hall–Kier alpha value is -2.26. The Kier molecular flexibility index (Phi) is 4.16. The smallest absolute Gasteiger partial charge is 0.148 e. The van der Waals surface area contributed by atoms with E-state index in [0.29, 0.717) is 6.42 Å². The highest BCUT2D eigenvalue weighted by atomic mass is 16.5. The van der Waals surface area contributed by atoms with Crippen LogP contribution in [0.25, 0.3) is 6.08 Å². The summed E-state index contributed by atoms with van der Waals surface area (Å²) < 4.78 is 11.4. The molecule has 1 heterocycles. The van der Waals surface area contributed by atoms with Gasteiger partial charge in [-0.15, -0.1) is 0 Å². The van der Waals surface area contributed by atoms with Gasteiger partial charge in [0.1, 0.15) is 17.6 Å². The molecule has 0 fully saturated rings. The Morgan fingerprint density at radius 1 is 1.14 bits per heavy atom. The molecule has 2 atom stereocenters. The predicted octanol–water partition coefficient (Wildman–Crippen LogP) is 3.98. The molecule has 2 aromatic carbocycles. The number of benzene rings is 2. The van der Waals surface area contributed by atoms with Crippen molar-refractivity contribution in [1.29, 1.82) is 0 Å². The normalized spacial score (nSPS) is 18.0. The Balaban J connectivity index is 2.01. The molecule has 114 valence electrons. The van der Waals surface area contributed by atoms with Crippen LogP contribution in [0.15, 0.2) is 54.1 Å². The van der Waals surface area contributed by atoms with Gasteiger partial charge in [-0.25, -0.2) is 0 Å². The van der Waals surface area contributed by atoms with E-state index in [1.54, 1.807) is 7.11 Å². The van der Waals surface area contributed by atoms with Crippen LogP contribution in [0.4, 0.5) is 0 Å². The van der Waals surface area contributed by atoms with Crippen LogP contribution < -0.4 is 9.47 Å². The number of fused-ring (bicyclic) bond motifs is 1. The van der Waals surface area contributed by atoms with E-state index in [4.69, 9.17) is 9.47 Å². The Bertz CT molecular complexity index is 673. The van der Waals surface area contributed by atoms with E-state index in [-0.39, 0.29) is 6.10 Å². The molecule has 0 saturated heterocycles. The molecule has 1 aliphatic heterocycles. The highest BCUT2D eigenvalue weighted by molar-refractivity contribution is 5.64. The van der Waals surface area contributed by atoms with Gasteiger partial charge in [0.2, 0.25) is 0 Å². The molecule has 0 aromatic heterocycles. The van der Waals surface area contributed by atoms with Crippen molar-refractivity contribution < 1.29 is 14.6 Å². The first kappa shape index (κ1) is 14.7. The fourth-order valence-electron chi connectivity index (χ4n) is 2.70. The Morgan fingerprint density at radius 2 is 1.86 bits per heavy atom. The second-order valence-corrected chi connectivity index (χ2v) is 5.38. The molecule has 3 nitrogen and oxygen atoms in total. The Labute approximate surface area is 130 Å². The SMILES string of the molecule is CC[C@@H](O)C1=Cc2ccccc2O[C@H]1c1ccc(OC)cc1. The van der Waals surface area contributed by atoms with Crippen LogP contribution in [0.3, 0.4) is 0 Å². The summed E-state index contributed by atoms with van der Waals surface area (Å²) in [4.78, 5) is 0. The zero-order valence-electron chi connectivity index (χ0n) is 12.8. The van der Waals surface area contributed by atoms with Crippen molar-refractivity contribution in [3.63, 3.8) is 0 Å². The summed E-state index contributed by atoms with van der Waals surface area (Å²) in [5, 5.41) is 10.4. The molecular weight excluding hydrogens is 276 g/mol. The van der Waals surface area contributed by atoms with E-state index in [9.17, 15) is 5.11 Å². The second-order valence-electron chi connectivity index (χ2n) is 5.38. The lowest BCUT2D eigenvalue weighted by molar-refractivity contribution is 0.153. The third-order valence-corrected chi connectivity index (χ3v) is 3.98. The number of rotatable bonds is 4. The van der Waals surface area contributed by atoms with Crippen LogP contribution in [0.2, 0.25) is 0 Å². The largest absolute Gasteiger partial charge is 0.497 e. The summed E-state index contributed by atoms with van der Waals surface area (Å²) >= 11 is 0.